The van der Waals surface area contributed by atoms with E-state index < -0.39 is 0 Å². The smallest absolute Gasteiger partial charge is 0.262 e. The third kappa shape index (κ3) is 8.51. The molecule has 0 radical (unpaired) electrons. The lowest BCUT2D eigenvalue weighted by molar-refractivity contribution is -0.132. The average molecular weight is 743 g/mol. The van der Waals surface area contributed by atoms with Crippen molar-refractivity contribution in [1.82, 2.24) is 14.5 Å². The van der Waals surface area contributed by atoms with E-state index in [1.165, 1.54) is 11.8 Å². The number of anilines is 1. The van der Waals surface area contributed by atoms with Crippen LogP contribution in [0.25, 0.3) is 10.9 Å². The van der Waals surface area contributed by atoms with E-state index in [-0.39, 0.29) is 34.8 Å². The van der Waals surface area contributed by atoms with Crippen LogP contribution < -0.4 is 15.6 Å². The van der Waals surface area contributed by atoms with E-state index in [9.17, 15) is 19.2 Å². The van der Waals surface area contributed by atoms with Crippen LogP contribution in [0.4, 0.5) is 5.69 Å². The average Bonchev–Trinajstić information content (AvgIpc) is 3.20. The van der Waals surface area contributed by atoms with Crippen molar-refractivity contribution in [3.05, 3.63) is 159 Å². The molecule has 0 unspecified atom stereocenters. The van der Waals surface area contributed by atoms with Crippen molar-refractivity contribution >= 4 is 57.6 Å². The second kappa shape index (κ2) is 16.3. The second-order valence-corrected chi connectivity index (χ2v) is 14.1. The van der Waals surface area contributed by atoms with Crippen LogP contribution in [0.15, 0.2) is 137 Å². The van der Waals surface area contributed by atoms with E-state index in [4.69, 9.17) is 21.3 Å². The number of nitrogens with one attached hydrogen (secondary N) is 1. The predicted molar refractivity (Wildman–Crippen MR) is 208 cm³/mol. The first-order chi connectivity index (χ1) is 25.8. The summed E-state index contributed by atoms with van der Waals surface area (Å²) in [5, 5.41) is 4.43. The first kappa shape index (κ1) is 35.7. The molecule has 5 aromatic carbocycles. The molecule has 266 valence electrons. The van der Waals surface area contributed by atoms with Crippen LogP contribution in [0.1, 0.15) is 34.3 Å². The number of ketones is 1. The highest BCUT2D eigenvalue weighted by molar-refractivity contribution is 7.99. The van der Waals surface area contributed by atoms with Gasteiger partial charge >= 0.3 is 0 Å². The molecule has 6 aromatic rings. The number of ether oxygens (including phenoxy) is 1. The summed E-state index contributed by atoms with van der Waals surface area (Å²) in [6.07, 6.45) is 0.978. The van der Waals surface area contributed by atoms with Crippen molar-refractivity contribution in [2.75, 3.05) is 24.2 Å². The van der Waals surface area contributed by atoms with Crippen molar-refractivity contribution in [2.24, 2.45) is 5.92 Å². The highest BCUT2D eigenvalue weighted by Gasteiger charge is 2.28. The summed E-state index contributed by atoms with van der Waals surface area (Å²) in [5.41, 5.74) is 2.95. The van der Waals surface area contributed by atoms with Gasteiger partial charge in [-0.05, 0) is 73.0 Å². The fraction of sp³-hybridized carbons (Fsp3) is 0.167. The van der Waals surface area contributed by atoms with Gasteiger partial charge in [-0.1, -0.05) is 96.2 Å². The Morgan fingerprint density at radius 1 is 0.811 bits per heavy atom. The molecular weight excluding hydrogens is 708 g/mol. The Balaban J connectivity index is 0.959. The van der Waals surface area contributed by atoms with Crippen molar-refractivity contribution in [3.8, 4) is 11.5 Å². The van der Waals surface area contributed by atoms with Crippen molar-refractivity contribution in [2.45, 2.75) is 24.5 Å². The number of rotatable bonds is 11. The van der Waals surface area contributed by atoms with E-state index in [2.05, 4.69) is 5.32 Å². The Hall–Kier alpha value is -5.71. The molecule has 0 bridgehead atoms. The highest BCUT2D eigenvalue weighted by Crippen LogP contribution is 2.33. The monoisotopic (exact) mass is 742 g/mol. The number of para-hydroxylation sites is 1. The molecule has 0 spiro atoms. The zero-order valence-corrected chi connectivity index (χ0v) is 30.2. The fourth-order valence-electron chi connectivity index (χ4n) is 6.25. The molecule has 9 nitrogen and oxygen atoms in total. The Bertz CT molecular complexity index is 2330. The first-order valence-corrected chi connectivity index (χ1v) is 18.6. The normalized spacial score (nSPS) is 13.1. The molecule has 1 fully saturated rings. The summed E-state index contributed by atoms with van der Waals surface area (Å²) in [5.74, 6) is 0.337. The minimum atomic E-state index is -0.319. The molecule has 1 aromatic heterocycles. The minimum absolute atomic E-state index is 0.0791. The number of likely N-dealkylation sites (tertiary alicyclic amines) is 1. The number of carbonyl (C=O) groups excluding carboxylic acids is 3. The molecule has 1 aliphatic heterocycles. The number of hydrogen-bond acceptors (Lipinski definition) is 7. The number of fused-ring (bicyclic) bond motifs is 1. The zero-order chi connectivity index (χ0) is 36.7. The van der Waals surface area contributed by atoms with E-state index in [0.717, 1.165) is 5.56 Å². The van der Waals surface area contributed by atoms with Gasteiger partial charge in [0.15, 0.2) is 16.7 Å². The molecule has 0 atom stereocenters. The number of aromatic nitrogens is 2. The van der Waals surface area contributed by atoms with E-state index in [0.29, 0.717) is 81.9 Å². The third-order valence-corrected chi connectivity index (χ3v) is 10.3. The van der Waals surface area contributed by atoms with Crippen LogP contribution in [-0.2, 0) is 16.1 Å². The number of carbonyl (C=O) groups is 3. The lowest BCUT2D eigenvalue weighted by Gasteiger charge is -2.31. The van der Waals surface area contributed by atoms with Gasteiger partial charge in [0.1, 0.15) is 5.75 Å². The summed E-state index contributed by atoms with van der Waals surface area (Å²) in [6, 6.07) is 37.8. The van der Waals surface area contributed by atoms with Gasteiger partial charge in [0.05, 0.1) is 28.9 Å². The summed E-state index contributed by atoms with van der Waals surface area (Å²) in [7, 11) is 0. The van der Waals surface area contributed by atoms with Gasteiger partial charge in [0, 0.05) is 35.2 Å². The summed E-state index contributed by atoms with van der Waals surface area (Å²) in [4.78, 5) is 59.7. The maximum Gasteiger partial charge on any atom is 0.262 e. The van der Waals surface area contributed by atoms with Gasteiger partial charge in [0.2, 0.25) is 11.8 Å². The standard InChI is InChI=1S/C42H35ClN4O5S/c43-32-17-20-37(52-33-18-15-30(16-19-33)39(49)29-11-5-2-6-12-29)36(25-32)44-40(50)31-21-23-46(24-22-31)38(48)27-53-42-45-35-14-8-7-13-34(35)41(51)47(42)26-28-9-3-1-4-10-28/h1-20,25,31H,21-24,26-27H2,(H,44,50). The summed E-state index contributed by atoms with van der Waals surface area (Å²) < 4.78 is 7.74. The largest absolute Gasteiger partial charge is 0.455 e. The van der Waals surface area contributed by atoms with Crippen LogP contribution in [-0.4, -0.2) is 50.9 Å². The molecule has 1 saturated heterocycles. The SMILES string of the molecule is O=C(c1ccccc1)c1ccc(Oc2ccc(Cl)cc2NC(=O)C2CCN(C(=O)CSc3nc4ccccc4c(=O)n3Cc3ccccc3)CC2)cc1. The Morgan fingerprint density at radius 2 is 1.47 bits per heavy atom. The maximum atomic E-state index is 13.5. The Morgan fingerprint density at radius 3 is 2.21 bits per heavy atom. The third-order valence-electron chi connectivity index (χ3n) is 9.13. The molecule has 7 rings (SSSR count). The molecule has 11 heteroatoms. The molecule has 53 heavy (non-hydrogen) atoms. The van der Waals surface area contributed by atoms with Crippen LogP contribution in [0.3, 0.4) is 0 Å². The van der Waals surface area contributed by atoms with Gasteiger partial charge < -0.3 is 15.0 Å². The molecular formula is C42H35ClN4O5S. The van der Waals surface area contributed by atoms with Crippen LogP contribution in [0, 0.1) is 5.92 Å². The molecule has 1 N–H and O–H groups in total. The van der Waals surface area contributed by atoms with E-state index >= 15 is 0 Å². The minimum Gasteiger partial charge on any atom is -0.455 e. The van der Waals surface area contributed by atoms with Crippen LogP contribution in [0.5, 0.6) is 11.5 Å². The number of thioether (sulfide) groups is 1. The number of nitrogens with zero attached hydrogens (tertiary/aromatic N) is 3. The van der Waals surface area contributed by atoms with Gasteiger partial charge in [-0.15, -0.1) is 0 Å². The molecule has 1 aliphatic rings. The lowest BCUT2D eigenvalue weighted by atomic mass is 9.95. The molecule has 2 amide bonds. The Kier molecular flexibility index (Phi) is 11.0. The number of benzene rings is 5. The molecule has 0 saturated carbocycles. The molecule has 2 heterocycles. The Labute approximate surface area is 315 Å². The predicted octanol–water partition coefficient (Wildman–Crippen LogP) is 8.09. The number of halogens is 1. The molecule has 0 aliphatic carbocycles. The maximum absolute atomic E-state index is 13.5. The fourth-order valence-corrected chi connectivity index (χ4v) is 7.33. The number of piperidine rings is 1. The zero-order valence-electron chi connectivity index (χ0n) is 28.6. The summed E-state index contributed by atoms with van der Waals surface area (Å²) in [6.45, 7) is 1.19. The lowest BCUT2D eigenvalue weighted by Crippen LogP contribution is -2.42. The van der Waals surface area contributed by atoms with Crippen molar-refractivity contribution < 1.29 is 19.1 Å². The van der Waals surface area contributed by atoms with Gasteiger partial charge in [-0.25, -0.2) is 4.98 Å². The quantitative estimate of drug-likeness (QED) is 0.0812. The number of amides is 2. The van der Waals surface area contributed by atoms with Crippen LogP contribution in [0.2, 0.25) is 5.02 Å². The summed E-state index contributed by atoms with van der Waals surface area (Å²) >= 11 is 7.55. The van der Waals surface area contributed by atoms with E-state index in [1.807, 2.05) is 60.7 Å². The van der Waals surface area contributed by atoms with Crippen LogP contribution >= 0.6 is 23.4 Å². The number of hydrogen-bond donors (Lipinski definition) is 1. The highest BCUT2D eigenvalue weighted by atomic mass is 35.5. The van der Waals surface area contributed by atoms with Gasteiger partial charge in [-0.2, -0.15) is 0 Å². The van der Waals surface area contributed by atoms with E-state index in [1.54, 1.807) is 76.2 Å². The van der Waals surface area contributed by atoms with Crippen molar-refractivity contribution in [3.63, 3.8) is 0 Å². The first-order valence-electron chi connectivity index (χ1n) is 17.2. The van der Waals surface area contributed by atoms with Crippen molar-refractivity contribution in [1.29, 1.82) is 0 Å². The van der Waals surface area contributed by atoms with Gasteiger partial charge in [-0.3, -0.25) is 23.7 Å². The topological polar surface area (TPSA) is 111 Å². The van der Waals surface area contributed by atoms with Gasteiger partial charge in [0.25, 0.3) is 5.56 Å². The second-order valence-electron chi connectivity index (χ2n) is 12.7.